The first-order valence-electron chi connectivity index (χ1n) is 20.3. The van der Waals surface area contributed by atoms with Gasteiger partial charge in [-0.3, -0.25) is 9.59 Å². The van der Waals surface area contributed by atoms with Crippen molar-refractivity contribution in [1.82, 2.24) is 30.4 Å². The van der Waals surface area contributed by atoms with Gasteiger partial charge in [0.15, 0.2) is 0 Å². The number of allylic oxidation sites excluding steroid dienone is 1. The number of hydrogen-bond acceptors (Lipinski definition) is 9. The van der Waals surface area contributed by atoms with Crippen LogP contribution >= 0.6 is 11.3 Å². The topological polar surface area (TPSA) is 184 Å². The zero-order chi connectivity index (χ0) is 42.5. The number of nitrogens with two attached hydrogens (primary N) is 1. The Kier molecular flexibility index (Phi) is 13.4. The van der Waals surface area contributed by atoms with Gasteiger partial charge in [-0.25, -0.2) is 19.6 Å². The minimum atomic E-state index is -0.740. The molecule has 4 atom stereocenters. The van der Waals surface area contributed by atoms with Crippen molar-refractivity contribution in [3.63, 3.8) is 0 Å². The van der Waals surface area contributed by atoms with Crippen LogP contribution in [0.5, 0.6) is 0 Å². The maximum absolute atomic E-state index is 13.7. The van der Waals surface area contributed by atoms with E-state index in [0.717, 1.165) is 63.1 Å². The maximum atomic E-state index is 13.7. The zero-order valence-electron chi connectivity index (χ0n) is 35.1. The van der Waals surface area contributed by atoms with E-state index in [-0.39, 0.29) is 35.7 Å². The van der Waals surface area contributed by atoms with E-state index >= 15 is 0 Å². The Bertz CT molecular complexity index is 2240. The molecule has 6 rings (SSSR count). The van der Waals surface area contributed by atoms with E-state index < -0.39 is 24.3 Å². The average molecular weight is 825 g/mol. The summed E-state index contributed by atoms with van der Waals surface area (Å²) in [5.74, 6) is 0.459. The molecule has 59 heavy (non-hydrogen) atoms. The minimum Gasteiger partial charge on any atom is -0.453 e. The second-order valence-corrected chi connectivity index (χ2v) is 17.1. The number of carbonyl (C=O) groups excluding carboxylic acids is 4. The summed E-state index contributed by atoms with van der Waals surface area (Å²) in [5.41, 5.74) is 12.3. The molecule has 0 spiro atoms. The lowest BCUT2D eigenvalue weighted by Crippen LogP contribution is -2.54. The van der Waals surface area contributed by atoms with Crippen LogP contribution < -0.4 is 16.4 Å². The van der Waals surface area contributed by atoms with Crippen molar-refractivity contribution in [2.24, 2.45) is 22.6 Å². The summed E-state index contributed by atoms with van der Waals surface area (Å²) < 4.78 is 10.7. The summed E-state index contributed by atoms with van der Waals surface area (Å²) >= 11 is 1.72. The molecular formula is C44H56N8O6S. The number of aromatic nitrogens is 2. The molecule has 4 heterocycles. The SMILES string of the molecule is C/C=C(\N=C(N)[C@@H]1CCCN1C(=O)[C@@H](NC(=O)OC)C(C)C)c1ccc(-c2ccc(-c3cnc([C@@H]4CCCN4C(=O)[C@@H](NC(=O)OC)C(C)C)[nH]3)c3sc(C)cc23)cc1. The lowest BCUT2D eigenvalue weighted by Gasteiger charge is -2.30. The van der Waals surface area contributed by atoms with E-state index in [1.807, 2.05) is 63.9 Å². The molecule has 314 valence electrons. The van der Waals surface area contributed by atoms with Crippen molar-refractivity contribution in [2.75, 3.05) is 27.3 Å². The Morgan fingerprint density at radius 1 is 0.898 bits per heavy atom. The lowest BCUT2D eigenvalue weighted by molar-refractivity contribution is -0.135. The van der Waals surface area contributed by atoms with Crippen molar-refractivity contribution in [3.05, 3.63) is 71.0 Å². The number of ether oxygens (including phenoxy) is 2. The summed E-state index contributed by atoms with van der Waals surface area (Å²) in [6.45, 7) is 12.7. The Labute approximate surface area is 349 Å². The maximum Gasteiger partial charge on any atom is 0.407 e. The number of methoxy groups -OCH3 is 2. The Morgan fingerprint density at radius 2 is 1.49 bits per heavy atom. The number of nitrogens with one attached hydrogen (secondary N) is 3. The molecule has 2 aromatic carbocycles. The van der Waals surface area contributed by atoms with E-state index in [1.54, 1.807) is 16.2 Å². The fourth-order valence-corrected chi connectivity index (χ4v) is 9.16. The number of amides is 4. The number of rotatable bonds is 12. The number of alkyl carbamates (subject to hydrolysis) is 2. The van der Waals surface area contributed by atoms with Gasteiger partial charge in [0.05, 0.1) is 43.9 Å². The third-order valence-corrected chi connectivity index (χ3v) is 12.3. The first-order valence-corrected chi connectivity index (χ1v) is 21.1. The van der Waals surface area contributed by atoms with Gasteiger partial charge in [0.2, 0.25) is 11.8 Å². The highest BCUT2D eigenvalue weighted by Crippen LogP contribution is 2.41. The van der Waals surface area contributed by atoms with E-state index in [4.69, 9.17) is 25.2 Å². The van der Waals surface area contributed by atoms with Crippen LogP contribution in [0.25, 0.3) is 38.2 Å². The molecule has 0 unspecified atom stereocenters. The molecule has 0 aliphatic carbocycles. The molecule has 2 aromatic heterocycles. The average Bonchev–Trinajstić information content (AvgIpc) is 4.06. The van der Waals surface area contributed by atoms with E-state index in [0.29, 0.717) is 31.0 Å². The van der Waals surface area contributed by atoms with Crippen LogP contribution in [-0.2, 0) is 19.1 Å². The number of nitrogens with zero attached hydrogens (tertiary/aromatic N) is 4. The molecule has 14 nitrogen and oxygen atoms in total. The van der Waals surface area contributed by atoms with Gasteiger partial charge < -0.3 is 40.6 Å². The van der Waals surface area contributed by atoms with Crippen LogP contribution in [0.4, 0.5) is 9.59 Å². The van der Waals surface area contributed by atoms with Crippen LogP contribution in [-0.4, -0.2) is 95.0 Å². The zero-order valence-corrected chi connectivity index (χ0v) is 35.9. The van der Waals surface area contributed by atoms with Crippen LogP contribution in [0, 0.1) is 18.8 Å². The van der Waals surface area contributed by atoms with Crippen LogP contribution in [0.15, 0.2) is 59.7 Å². The molecule has 0 radical (unpaired) electrons. The monoisotopic (exact) mass is 824 g/mol. The van der Waals surface area contributed by atoms with Crippen molar-refractivity contribution in [1.29, 1.82) is 0 Å². The van der Waals surface area contributed by atoms with Gasteiger partial charge in [-0.2, -0.15) is 0 Å². The first-order chi connectivity index (χ1) is 28.3. The standard InChI is InChI=1S/C44H56N8O6S/c1-9-32(47-39(45)34-12-10-20-51(34)41(53)36(24(2)3)49-43(55)57-7)28-16-14-27(15-17-28)29-18-19-30(38-31(29)22-26(6)59-38)33-23-46-40(48-33)35-13-11-21-52(35)42(54)37(25(4)5)50-44(56)58-8/h9,14-19,22-25,34-37H,10-13,20-21H2,1-8H3,(H2,45,47)(H,46,48)(H,49,55)(H,50,56)/b32-9-/t34-,35-,36-,37-/m0/s1. The predicted octanol–water partition coefficient (Wildman–Crippen LogP) is 7.40. The fourth-order valence-electron chi connectivity index (χ4n) is 8.09. The van der Waals surface area contributed by atoms with Crippen molar-refractivity contribution in [2.45, 2.75) is 91.4 Å². The molecule has 2 aliphatic rings. The smallest absolute Gasteiger partial charge is 0.407 e. The molecule has 0 saturated carbocycles. The summed E-state index contributed by atoms with van der Waals surface area (Å²) in [6, 6.07) is 12.6. The number of carbonyl (C=O) groups is 4. The Morgan fingerprint density at radius 3 is 2.10 bits per heavy atom. The van der Waals surface area contributed by atoms with Gasteiger partial charge in [0.1, 0.15) is 23.7 Å². The number of imidazole rings is 1. The van der Waals surface area contributed by atoms with Crippen molar-refractivity contribution >= 4 is 57.0 Å². The molecule has 5 N–H and O–H groups in total. The van der Waals surface area contributed by atoms with Gasteiger partial charge in [-0.15, -0.1) is 11.3 Å². The second kappa shape index (κ2) is 18.5. The largest absolute Gasteiger partial charge is 0.453 e. The van der Waals surface area contributed by atoms with Crippen LogP contribution in [0.2, 0.25) is 0 Å². The highest BCUT2D eigenvalue weighted by atomic mass is 32.1. The number of amidine groups is 1. The summed E-state index contributed by atoms with van der Waals surface area (Å²) in [4.78, 5) is 69.2. The molecule has 4 aromatic rings. The molecule has 2 fully saturated rings. The highest BCUT2D eigenvalue weighted by molar-refractivity contribution is 7.19. The van der Waals surface area contributed by atoms with E-state index in [2.05, 4.69) is 52.9 Å². The van der Waals surface area contributed by atoms with Gasteiger partial charge in [0.25, 0.3) is 0 Å². The number of benzene rings is 2. The van der Waals surface area contributed by atoms with Crippen molar-refractivity contribution < 1.29 is 28.7 Å². The van der Waals surface area contributed by atoms with E-state index in [9.17, 15) is 19.2 Å². The fraction of sp³-hybridized carbons (Fsp3) is 0.455. The third-order valence-electron chi connectivity index (χ3n) is 11.2. The van der Waals surface area contributed by atoms with Gasteiger partial charge >= 0.3 is 12.2 Å². The molecule has 2 aliphatic heterocycles. The number of fused-ring (bicyclic) bond motifs is 1. The summed E-state index contributed by atoms with van der Waals surface area (Å²) in [7, 11) is 2.57. The van der Waals surface area contributed by atoms with Crippen LogP contribution in [0.1, 0.15) is 82.6 Å². The summed E-state index contributed by atoms with van der Waals surface area (Å²) in [6.07, 6.45) is 5.54. The number of hydrogen-bond donors (Lipinski definition) is 4. The lowest BCUT2D eigenvalue weighted by atomic mass is 9.97. The highest BCUT2D eigenvalue weighted by Gasteiger charge is 2.39. The Balaban J connectivity index is 1.21. The molecular weight excluding hydrogens is 769 g/mol. The second-order valence-electron chi connectivity index (χ2n) is 15.8. The minimum absolute atomic E-state index is 0.119. The van der Waals surface area contributed by atoms with Crippen molar-refractivity contribution in [3.8, 4) is 22.4 Å². The number of aliphatic imine (C=N–C) groups is 1. The number of aryl methyl sites for hydroxylation is 1. The molecule has 0 bridgehead atoms. The molecule has 2 saturated heterocycles. The Hall–Kier alpha value is -5.70. The summed E-state index contributed by atoms with van der Waals surface area (Å²) in [5, 5.41) is 6.52. The van der Waals surface area contributed by atoms with Gasteiger partial charge in [0, 0.05) is 33.6 Å². The number of aromatic amines is 1. The third kappa shape index (κ3) is 9.14. The number of thiophene rings is 1. The normalized spacial score (nSPS) is 18.4. The molecule has 4 amide bonds. The molecule has 15 heteroatoms. The quantitative estimate of drug-likeness (QED) is 0.0841. The number of likely N-dealkylation sites (tertiary alicyclic amines) is 2. The van der Waals surface area contributed by atoms with E-state index in [1.165, 1.54) is 19.1 Å². The van der Waals surface area contributed by atoms with Gasteiger partial charge in [-0.05, 0) is 74.1 Å². The number of H-pyrrole nitrogens is 1. The first kappa shape index (κ1) is 42.9. The van der Waals surface area contributed by atoms with Crippen LogP contribution in [0.3, 0.4) is 0 Å². The van der Waals surface area contributed by atoms with Gasteiger partial charge in [-0.1, -0.05) is 70.2 Å². The predicted molar refractivity (Wildman–Crippen MR) is 232 cm³/mol.